The van der Waals surface area contributed by atoms with E-state index in [1.54, 1.807) is 16.8 Å². The van der Waals surface area contributed by atoms with Crippen molar-refractivity contribution in [3.8, 4) is 6.07 Å². The number of thioether (sulfide) groups is 1. The number of halogens is 1. The van der Waals surface area contributed by atoms with Crippen molar-refractivity contribution in [2.75, 3.05) is 5.75 Å². The molecular weight excluding hydrogens is 291 g/mol. The molecule has 0 aliphatic rings. The van der Waals surface area contributed by atoms with Gasteiger partial charge in [-0.05, 0) is 17.7 Å². The molecule has 3 rings (SSSR count). The van der Waals surface area contributed by atoms with Gasteiger partial charge in [0.15, 0.2) is 11.2 Å². The summed E-state index contributed by atoms with van der Waals surface area (Å²) in [6.45, 7) is 0.441. The highest BCUT2D eigenvalue weighted by Gasteiger charge is 2.12. The van der Waals surface area contributed by atoms with Crippen molar-refractivity contribution in [2.45, 2.75) is 11.6 Å². The van der Waals surface area contributed by atoms with Crippen LogP contribution in [0.5, 0.6) is 0 Å². The molecule has 104 valence electrons. The summed E-state index contributed by atoms with van der Waals surface area (Å²) < 4.78 is 14.5. The van der Waals surface area contributed by atoms with E-state index in [4.69, 9.17) is 5.26 Å². The quantitative estimate of drug-likeness (QED) is 0.541. The van der Waals surface area contributed by atoms with E-state index in [2.05, 4.69) is 20.3 Å². The molecule has 21 heavy (non-hydrogen) atoms. The third kappa shape index (κ3) is 2.83. The minimum atomic E-state index is -0.278. The third-order valence-corrected chi connectivity index (χ3v) is 3.63. The molecule has 0 aliphatic carbocycles. The number of hydrogen-bond donors (Lipinski definition) is 0. The summed E-state index contributed by atoms with van der Waals surface area (Å²) in [6.07, 6.45) is 1.42. The number of nitriles is 1. The van der Waals surface area contributed by atoms with Gasteiger partial charge < -0.3 is 0 Å². The lowest BCUT2D eigenvalue weighted by Crippen LogP contribution is -2.03. The van der Waals surface area contributed by atoms with Crippen LogP contribution in [0.3, 0.4) is 0 Å². The summed E-state index contributed by atoms with van der Waals surface area (Å²) in [5.74, 6) is 0.0106. The van der Waals surface area contributed by atoms with Crippen LogP contribution in [0.15, 0.2) is 35.6 Å². The SMILES string of the molecule is N#CCSc1ncnc2c1nnn2Cc1ccc(F)cc1. The summed E-state index contributed by atoms with van der Waals surface area (Å²) in [6, 6.07) is 8.23. The Bertz CT molecular complexity index is 808. The molecule has 0 N–H and O–H groups in total. The average Bonchev–Trinajstić information content (AvgIpc) is 2.91. The number of nitrogens with zero attached hydrogens (tertiary/aromatic N) is 6. The molecule has 0 spiro atoms. The van der Waals surface area contributed by atoms with Crippen molar-refractivity contribution in [1.29, 1.82) is 5.26 Å². The Morgan fingerprint density at radius 3 is 2.81 bits per heavy atom. The van der Waals surface area contributed by atoms with Gasteiger partial charge in [-0.3, -0.25) is 0 Å². The Morgan fingerprint density at radius 2 is 2.05 bits per heavy atom. The van der Waals surface area contributed by atoms with Crippen LogP contribution < -0.4 is 0 Å². The van der Waals surface area contributed by atoms with Crippen LogP contribution in [-0.4, -0.2) is 30.7 Å². The Kier molecular flexibility index (Phi) is 3.75. The van der Waals surface area contributed by atoms with Crippen LogP contribution >= 0.6 is 11.8 Å². The number of aromatic nitrogens is 5. The van der Waals surface area contributed by atoms with Crippen molar-refractivity contribution in [3.63, 3.8) is 0 Å². The second kappa shape index (κ2) is 5.85. The van der Waals surface area contributed by atoms with Gasteiger partial charge in [-0.15, -0.1) is 5.10 Å². The van der Waals surface area contributed by atoms with Gasteiger partial charge in [0.05, 0.1) is 18.4 Å². The number of hydrogen-bond acceptors (Lipinski definition) is 6. The van der Waals surface area contributed by atoms with E-state index in [0.717, 1.165) is 5.56 Å². The largest absolute Gasteiger partial charge is 0.227 e. The van der Waals surface area contributed by atoms with Gasteiger partial charge in [0.25, 0.3) is 0 Å². The molecule has 6 nitrogen and oxygen atoms in total. The second-order valence-corrected chi connectivity index (χ2v) is 5.14. The maximum absolute atomic E-state index is 12.9. The molecule has 1 aromatic carbocycles. The molecule has 3 aromatic rings. The van der Waals surface area contributed by atoms with Crippen LogP contribution in [0.2, 0.25) is 0 Å². The van der Waals surface area contributed by atoms with Crippen molar-refractivity contribution < 1.29 is 4.39 Å². The summed E-state index contributed by atoms with van der Waals surface area (Å²) in [7, 11) is 0. The Labute approximate surface area is 123 Å². The molecule has 0 aliphatic heterocycles. The maximum Gasteiger partial charge on any atom is 0.183 e. The molecule has 8 heteroatoms. The highest BCUT2D eigenvalue weighted by atomic mass is 32.2. The van der Waals surface area contributed by atoms with Crippen molar-refractivity contribution in [2.24, 2.45) is 0 Å². The van der Waals surface area contributed by atoms with E-state index in [1.165, 1.54) is 30.2 Å². The normalized spacial score (nSPS) is 10.7. The molecule has 0 atom stereocenters. The van der Waals surface area contributed by atoms with E-state index >= 15 is 0 Å². The fraction of sp³-hybridized carbons (Fsp3) is 0.154. The van der Waals surface area contributed by atoms with Gasteiger partial charge in [-0.25, -0.2) is 19.0 Å². The Morgan fingerprint density at radius 1 is 1.24 bits per heavy atom. The van der Waals surface area contributed by atoms with Crippen LogP contribution in [0, 0.1) is 17.1 Å². The topological polar surface area (TPSA) is 80.3 Å². The highest BCUT2D eigenvalue weighted by molar-refractivity contribution is 7.99. The number of rotatable bonds is 4. The summed E-state index contributed by atoms with van der Waals surface area (Å²) in [5, 5.41) is 17.4. The first kappa shape index (κ1) is 13.5. The molecular formula is C13H9FN6S. The summed E-state index contributed by atoms with van der Waals surface area (Å²) in [4.78, 5) is 8.29. The Balaban J connectivity index is 1.93. The zero-order valence-corrected chi connectivity index (χ0v) is 11.6. The van der Waals surface area contributed by atoms with Gasteiger partial charge >= 0.3 is 0 Å². The minimum Gasteiger partial charge on any atom is -0.227 e. The lowest BCUT2D eigenvalue weighted by molar-refractivity contribution is 0.623. The first-order valence-electron chi connectivity index (χ1n) is 6.06. The molecule has 2 aromatic heterocycles. The lowest BCUT2D eigenvalue weighted by atomic mass is 10.2. The smallest absolute Gasteiger partial charge is 0.183 e. The fourth-order valence-electron chi connectivity index (χ4n) is 1.85. The van der Waals surface area contributed by atoms with Crippen LogP contribution in [0.1, 0.15) is 5.56 Å². The summed E-state index contributed by atoms with van der Waals surface area (Å²) >= 11 is 1.29. The van der Waals surface area contributed by atoms with Gasteiger partial charge in [0.2, 0.25) is 0 Å². The van der Waals surface area contributed by atoms with Crippen molar-refractivity contribution in [3.05, 3.63) is 42.0 Å². The van der Waals surface area contributed by atoms with Crippen molar-refractivity contribution in [1.82, 2.24) is 25.0 Å². The maximum atomic E-state index is 12.9. The van der Waals surface area contributed by atoms with Crippen LogP contribution in [0.4, 0.5) is 4.39 Å². The molecule has 0 unspecified atom stereocenters. The van der Waals surface area contributed by atoms with E-state index in [9.17, 15) is 4.39 Å². The van der Waals surface area contributed by atoms with Gasteiger partial charge in [-0.1, -0.05) is 29.1 Å². The van der Waals surface area contributed by atoms with E-state index < -0.39 is 0 Å². The lowest BCUT2D eigenvalue weighted by Gasteiger charge is -2.02. The Hall–Kier alpha value is -2.53. The van der Waals surface area contributed by atoms with Gasteiger partial charge in [-0.2, -0.15) is 5.26 Å². The summed E-state index contributed by atoms with van der Waals surface area (Å²) in [5.41, 5.74) is 2.06. The van der Waals surface area contributed by atoms with Gasteiger partial charge in [0.1, 0.15) is 17.2 Å². The molecule has 0 saturated carbocycles. The van der Waals surface area contributed by atoms with Crippen LogP contribution in [-0.2, 0) is 6.54 Å². The third-order valence-electron chi connectivity index (χ3n) is 2.79. The number of benzene rings is 1. The first-order valence-corrected chi connectivity index (χ1v) is 7.05. The fourth-order valence-corrected chi connectivity index (χ4v) is 2.44. The average molecular weight is 300 g/mol. The first-order chi connectivity index (χ1) is 10.3. The van der Waals surface area contributed by atoms with E-state index in [0.29, 0.717) is 22.7 Å². The molecule has 0 saturated heterocycles. The predicted molar refractivity (Wildman–Crippen MR) is 75.0 cm³/mol. The van der Waals surface area contributed by atoms with E-state index in [1.807, 2.05) is 6.07 Å². The monoisotopic (exact) mass is 300 g/mol. The minimum absolute atomic E-state index is 0.278. The molecule has 0 bridgehead atoms. The second-order valence-electron chi connectivity index (χ2n) is 4.17. The number of fused-ring (bicyclic) bond motifs is 1. The predicted octanol–water partition coefficient (Wildman–Crippen LogP) is 2.02. The van der Waals surface area contributed by atoms with E-state index in [-0.39, 0.29) is 11.6 Å². The van der Waals surface area contributed by atoms with Gasteiger partial charge in [0, 0.05) is 0 Å². The molecule has 0 radical (unpaired) electrons. The van der Waals surface area contributed by atoms with Crippen LogP contribution in [0.25, 0.3) is 11.2 Å². The van der Waals surface area contributed by atoms with Crippen molar-refractivity contribution >= 4 is 22.9 Å². The molecule has 0 amide bonds. The zero-order chi connectivity index (χ0) is 14.7. The molecule has 2 heterocycles. The highest BCUT2D eigenvalue weighted by Crippen LogP contribution is 2.22. The zero-order valence-electron chi connectivity index (χ0n) is 10.8. The molecule has 0 fully saturated rings. The standard InChI is InChI=1S/C13H9FN6S/c14-10-3-1-9(2-4-10)7-20-12-11(18-19-20)13(17-8-16-12)21-6-5-15/h1-4,8H,6-7H2.